The molecule has 8 nitrogen and oxygen atoms in total. The summed E-state index contributed by atoms with van der Waals surface area (Å²) in [5.41, 5.74) is 7.59. The van der Waals surface area contributed by atoms with E-state index >= 15 is 0 Å². The van der Waals surface area contributed by atoms with Gasteiger partial charge in [0.05, 0.1) is 17.4 Å². The second-order valence-electron chi connectivity index (χ2n) is 7.84. The first kappa shape index (κ1) is 20.9. The van der Waals surface area contributed by atoms with E-state index in [1.807, 2.05) is 58.0 Å². The van der Waals surface area contributed by atoms with Gasteiger partial charge >= 0.3 is 6.09 Å². The van der Waals surface area contributed by atoms with Gasteiger partial charge in [0, 0.05) is 31.7 Å². The standard InChI is InChI=1S/C21H29N5O3/c1-14(2)19(22)20(27)25-11-10-24(13-16(25)4)21(28)29-18-12-15(3)23-26(18)17-8-6-5-7-9-17/h5-9,12,14,16,19H,10-11,13,22H2,1-4H3/t16?,19-/m0/s1. The van der Waals surface area contributed by atoms with E-state index in [1.54, 1.807) is 20.5 Å². The number of rotatable bonds is 4. The van der Waals surface area contributed by atoms with Crippen LogP contribution < -0.4 is 10.5 Å². The molecule has 1 aliphatic rings. The molecular weight excluding hydrogens is 370 g/mol. The molecule has 1 aliphatic heterocycles. The quantitative estimate of drug-likeness (QED) is 0.851. The molecule has 1 unspecified atom stereocenters. The van der Waals surface area contributed by atoms with Gasteiger partial charge in [0.1, 0.15) is 0 Å². The molecule has 0 radical (unpaired) electrons. The van der Waals surface area contributed by atoms with Crippen LogP contribution in [0.15, 0.2) is 36.4 Å². The van der Waals surface area contributed by atoms with Crippen LogP contribution in [-0.4, -0.2) is 63.3 Å². The summed E-state index contributed by atoms with van der Waals surface area (Å²) in [6, 6.07) is 10.6. The van der Waals surface area contributed by atoms with Crippen LogP contribution in [0.2, 0.25) is 0 Å². The summed E-state index contributed by atoms with van der Waals surface area (Å²) in [5.74, 6) is 0.365. The van der Waals surface area contributed by atoms with Crippen LogP contribution in [0, 0.1) is 12.8 Å². The van der Waals surface area contributed by atoms with Gasteiger partial charge in [0.15, 0.2) is 0 Å². The molecule has 0 aliphatic carbocycles. The van der Waals surface area contributed by atoms with Gasteiger partial charge in [0.2, 0.25) is 11.8 Å². The molecule has 2 aromatic rings. The second-order valence-corrected chi connectivity index (χ2v) is 7.84. The number of piperazine rings is 1. The summed E-state index contributed by atoms with van der Waals surface area (Å²) in [4.78, 5) is 28.7. The SMILES string of the molecule is Cc1cc(OC(=O)N2CCN(C(=O)[C@@H](N)C(C)C)C(C)C2)n(-c2ccccc2)n1. The lowest BCUT2D eigenvalue weighted by molar-refractivity contribution is -0.137. The number of hydrogen-bond acceptors (Lipinski definition) is 5. The fraction of sp³-hybridized carbons (Fsp3) is 0.476. The predicted octanol–water partition coefficient (Wildman–Crippen LogP) is 2.20. The van der Waals surface area contributed by atoms with Crippen LogP contribution >= 0.6 is 0 Å². The highest BCUT2D eigenvalue weighted by molar-refractivity contribution is 5.82. The average Bonchev–Trinajstić information content (AvgIpc) is 3.07. The average molecular weight is 399 g/mol. The fourth-order valence-corrected chi connectivity index (χ4v) is 3.38. The first-order valence-electron chi connectivity index (χ1n) is 9.93. The van der Waals surface area contributed by atoms with E-state index in [2.05, 4.69) is 5.10 Å². The molecule has 1 aromatic carbocycles. The van der Waals surface area contributed by atoms with Crippen molar-refractivity contribution in [1.82, 2.24) is 19.6 Å². The molecule has 1 fully saturated rings. The lowest BCUT2D eigenvalue weighted by Gasteiger charge is -2.40. The molecule has 2 N–H and O–H groups in total. The Balaban J connectivity index is 1.67. The largest absolute Gasteiger partial charge is 0.416 e. The number of hydrogen-bond donors (Lipinski definition) is 1. The predicted molar refractivity (Wildman–Crippen MR) is 110 cm³/mol. The Hall–Kier alpha value is -2.87. The van der Waals surface area contributed by atoms with Crippen molar-refractivity contribution in [2.45, 2.75) is 39.8 Å². The highest BCUT2D eigenvalue weighted by atomic mass is 16.6. The Morgan fingerprint density at radius 1 is 1.21 bits per heavy atom. The number of para-hydroxylation sites is 1. The van der Waals surface area contributed by atoms with Gasteiger partial charge in [-0.3, -0.25) is 4.79 Å². The van der Waals surface area contributed by atoms with E-state index in [0.29, 0.717) is 25.5 Å². The van der Waals surface area contributed by atoms with Crippen LogP contribution in [0.25, 0.3) is 5.69 Å². The van der Waals surface area contributed by atoms with Crippen molar-refractivity contribution in [1.29, 1.82) is 0 Å². The zero-order valence-electron chi connectivity index (χ0n) is 17.4. The zero-order valence-corrected chi connectivity index (χ0v) is 17.4. The molecule has 0 bridgehead atoms. The summed E-state index contributed by atoms with van der Waals surface area (Å²) < 4.78 is 7.26. The van der Waals surface area contributed by atoms with E-state index in [0.717, 1.165) is 11.4 Å². The van der Waals surface area contributed by atoms with E-state index in [9.17, 15) is 9.59 Å². The third-order valence-electron chi connectivity index (χ3n) is 5.16. The Bertz CT molecular complexity index is 864. The van der Waals surface area contributed by atoms with Crippen molar-refractivity contribution in [2.75, 3.05) is 19.6 Å². The van der Waals surface area contributed by atoms with Gasteiger partial charge in [-0.2, -0.15) is 5.10 Å². The van der Waals surface area contributed by atoms with E-state index in [4.69, 9.17) is 10.5 Å². The molecule has 8 heteroatoms. The lowest BCUT2D eigenvalue weighted by atomic mass is 10.0. The summed E-state index contributed by atoms with van der Waals surface area (Å²) in [6.07, 6.45) is -0.450. The number of benzene rings is 1. The molecule has 0 saturated carbocycles. The van der Waals surface area contributed by atoms with Gasteiger partial charge in [-0.05, 0) is 31.9 Å². The summed E-state index contributed by atoms with van der Waals surface area (Å²) in [5, 5.41) is 4.42. The van der Waals surface area contributed by atoms with E-state index in [1.165, 1.54) is 0 Å². The third kappa shape index (κ3) is 4.59. The van der Waals surface area contributed by atoms with Crippen molar-refractivity contribution < 1.29 is 14.3 Å². The number of carbonyl (C=O) groups is 2. The number of carbonyl (C=O) groups excluding carboxylic acids is 2. The third-order valence-corrected chi connectivity index (χ3v) is 5.16. The minimum Gasteiger partial charge on any atom is -0.391 e. The summed E-state index contributed by atoms with van der Waals surface area (Å²) >= 11 is 0. The van der Waals surface area contributed by atoms with Crippen LogP contribution in [0.4, 0.5) is 4.79 Å². The Kier molecular flexibility index (Phi) is 6.22. The maximum absolute atomic E-state index is 12.8. The maximum Gasteiger partial charge on any atom is 0.416 e. The molecule has 1 aromatic heterocycles. The first-order chi connectivity index (χ1) is 13.8. The molecule has 3 rings (SSSR count). The number of ether oxygens (including phenoxy) is 1. The second kappa shape index (κ2) is 8.65. The van der Waals surface area contributed by atoms with Crippen molar-refractivity contribution in [2.24, 2.45) is 11.7 Å². The van der Waals surface area contributed by atoms with Crippen molar-refractivity contribution in [3.8, 4) is 11.6 Å². The van der Waals surface area contributed by atoms with Gasteiger partial charge in [0.25, 0.3) is 0 Å². The van der Waals surface area contributed by atoms with Gasteiger partial charge < -0.3 is 20.3 Å². The minimum absolute atomic E-state index is 0.0687. The first-order valence-corrected chi connectivity index (χ1v) is 9.93. The molecule has 29 heavy (non-hydrogen) atoms. The summed E-state index contributed by atoms with van der Waals surface area (Å²) in [7, 11) is 0. The highest BCUT2D eigenvalue weighted by Gasteiger charge is 2.34. The minimum atomic E-state index is -0.529. The van der Waals surface area contributed by atoms with E-state index in [-0.39, 0.29) is 17.9 Å². The van der Waals surface area contributed by atoms with Crippen LogP contribution in [-0.2, 0) is 4.79 Å². The van der Waals surface area contributed by atoms with Crippen LogP contribution in [0.5, 0.6) is 5.88 Å². The van der Waals surface area contributed by atoms with Crippen molar-refractivity contribution in [3.05, 3.63) is 42.1 Å². The Morgan fingerprint density at radius 3 is 2.52 bits per heavy atom. The highest BCUT2D eigenvalue weighted by Crippen LogP contribution is 2.21. The molecule has 2 heterocycles. The number of nitrogens with two attached hydrogens (primary N) is 1. The Morgan fingerprint density at radius 2 is 1.90 bits per heavy atom. The van der Waals surface area contributed by atoms with Crippen molar-refractivity contribution in [3.63, 3.8) is 0 Å². The molecular formula is C21H29N5O3. The zero-order chi connectivity index (χ0) is 21.1. The summed E-state index contributed by atoms with van der Waals surface area (Å²) in [6.45, 7) is 8.86. The van der Waals surface area contributed by atoms with Crippen LogP contribution in [0.1, 0.15) is 26.5 Å². The van der Waals surface area contributed by atoms with Gasteiger partial charge in [-0.15, -0.1) is 0 Å². The smallest absolute Gasteiger partial charge is 0.391 e. The fourth-order valence-electron chi connectivity index (χ4n) is 3.38. The van der Waals surface area contributed by atoms with Gasteiger partial charge in [-0.1, -0.05) is 32.0 Å². The number of amides is 2. The molecule has 2 amide bonds. The number of aryl methyl sites for hydroxylation is 1. The van der Waals surface area contributed by atoms with Crippen molar-refractivity contribution >= 4 is 12.0 Å². The number of aromatic nitrogens is 2. The van der Waals surface area contributed by atoms with Crippen LogP contribution in [0.3, 0.4) is 0 Å². The maximum atomic E-state index is 12.8. The molecule has 2 atom stereocenters. The molecule has 0 spiro atoms. The monoisotopic (exact) mass is 399 g/mol. The molecule has 1 saturated heterocycles. The topological polar surface area (TPSA) is 93.7 Å². The lowest BCUT2D eigenvalue weighted by Crippen LogP contribution is -2.59. The molecule has 156 valence electrons. The van der Waals surface area contributed by atoms with Gasteiger partial charge in [-0.25, -0.2) is 9.48 Å². The van der Waals surface area contributed by atoms with E-state index < -0.39 is 12.1 Å². The Labute approximate surface area is 171 Å². The normalized spacial score (nSPS) is 18.1. The number of nitrogens with zero attached hydrogens (tertiary/aromatic N) is 4.